The van der Waals surface area contributed by atoms with Gasteiger partial charge in [0.25, 0.3) is 0 Å². The van der Waals surface area contributed by atoms with Gasteiger partial charge >= 0.3 is 0 Å². The van der Waals surface area contributed by atoms with Gasteiger partial charge in [-0.2, -0.15) is 0 Å². The van der Waals surface area contributed by atoms with E-state index in [1.54, 1.807) is 0 Å². The average Bonchev–Trinajstić information content (AvgIpc) is 1.95. The molecule has 0 heterocycles. The predicted octanol–water partition coefficient (Wildman–Crippen LogP) is 3.50. The standard InChI is InChI=1S/C8H6ClI/c9-6-5-7-1-3-8(10)4-2-7/h1-6H/b6-5-. The maximum Gasteiger partial charge on any atom is 0.0130 e. The summed E-state index contributed by atoms with van der Waals surface area (Å²) in [6, 6.07) is 8.15. The molecule has 0 unspecified atom stereocenters. The summed E-state index contributed by atoms with van der Waals surface area (Å²) < 4.78 is 1.24. The summed E-state index contributed by atoms with van der Waals surface area (Å²) in [6.07, 6.45) is 1.86. The van der Waals surface area contributed by atoms with Crippen molar-refractivity contribution in [2.75, 3.05) is 0 Å². The Kier molecular flexibility index (Phi) is 3.22. The highest BCUT2D eigenvalue weighted by Crippen LogP contribution is 2.08. The highest BCUT2D eigenvalue weighted by atomic mass is 127. The smallest absolute Gasteiger partial charge is 0.0130 e. The number of benzene rings is 1. The van der Waals surface area contributed by atoms with E-state index in [1.165, 1.54) is 9.11 Å². The number of rotatable bonds is 1. The normalized spacial score (nSPS) is 10.6. The van der Waals surface area contributed by atoms with Crippen LogP contribution >= 0.6 is 34.2 Å². The fraction of sp³-hybridized carbons (Fsp3) is 0. The van der Waals surface area contributed by atoms with E-state index in [0.29, 0.717) is 0 Å². The molecule has 10 heavy (non-hydrogen) atoms. The maximum absolute atomic E-state index is 5.39. The van der Waals surface area contributed by atoms with Gasteiger partial charge in [0.05, 0.1) is 0 Å². The van der Waals surface area contributed by atoms with Crippen molar-refractivity contribution in [2.24, 2.45) is 0 Å². The Bertz CT molecular complexity index is 226. The minimum atomic E-state index is 1.13. The van der Waals surface area contributed by atoms with Gasteiger partial charge in [0.2, 0.25) is 0 Å². The Hall–Kier alpha value is -0.0200. The van der Waals surface area contributed by atoms with Crippen LogP contribution in [0, 0.1) is 3.57 Å². The lowest BCUT2D eigenvalue weighted by molar-refractivity contribution is 1.61. The van der Waals surface area contributed by atoms with E-state index in [4.69, 9.17) is 11.6 Å². The van der Waals surface area contributed by atoms with Crippen LogP contribution in [0.2, 0.25) is 0 Å². The molecule has 0 saturated heterocycles. The molecule has 0 aromatic heterocycles. The van der Waals surface area contributed by atoms with E-state index < -0.39 is 0 Å². The van der Waals surface area contributed by atoms with Crippen LogP contribution in [0.4, 0.5) is 0 Å². The van der Waals surface area contributed by atoms with Crippen molar-refractivity contribution in [3.8, 4) is 0 Å². The summed E-state index contributed by atoms with van der Waals surface area (Å²) in [7, 11) is 0. The van der Waals surface area contributed by atoms with Crippen LogP contribution in [-0.4, -0.2) is 0 Å². The lowest BCUT2D eigenvalue weighted by Gasteiger charge is -1.90. The van der Waals surface area contributed by atoms with Gasteiger partial charge in [-0.3, -0.25) is 0 Å². The van der Waals surface area contributed by atoms with Crippen LogP contribution in [0.1, 0.15) is 5.56 Å². The molecule has 52 valence electrons. The summed E-state index contributed by atoms with van der Waals surface area (Å²) in [5.74, 6) is 0. The number of hydrogen-bond donors (Lipinski definition) is 0. The fourth-order valence-electron chi connectivity index (χ4n) is 0.647. The van der Waals surface area contributed by atoms with Crippen LogP contribution < -0.4 is 0 Å². The molecule has 0 bridgehead atoms. The highest BCUT2D eigenvalue weighted by Gasteiger charge is 1.84. The predicted molar refractivity (Wildman–Crippen MR) is 54.0 cm³/mol. The van der Waals surface area contributed by atoms with Gasteiger partial charge in [-0.1, -0.05) is 23.7 Å². The second kappa shape index (κ2) is 3.98. The van der Waals surface area contributed by atoms with Crippen molar-refractivity contribution in [3.63, 3.8) is 0 Å². The summed E-state index contributed by atoms with van der Waals surface area (Å²) >= 11 is 7.66. The van der Waals surface area contributed by atoms with Crippen molar-refractivity contribution in [1.29, 1.82) is 0 Å². The highest BCUT2D eigenvalue weighted by molar-refractivity contribution is 14.1. The molecule has 0 aliphatic heterocycles. The summed E-state index contributed by atoms with van der Waals surface area (Å²) in [6.45, 7) is 0. The zero-order chi connectivity index (χ0) is 7.40. The largest absolute Gasteiger partial charge is 0.0929 e. The quantitative estimate of drug-likeness (QED) is 0.681. The molecule has 2 heteroatoms. The van der Waals surface area contributed by atoms with Gasteiger partial charge in [0, 0.05) is 9.11 Å². The number of halogens is 2. The fourth-order valence-corrected chi connectivity index (χ4v) is 1.15. The number of hydrogen-bond acceptors (Lipinski definition) is 0. The molecule has 1 rings (SSSR count). The molecule has 0 saturated carbocycles. The lowest BCUT2D eigenvalue weighted by atomic mass is 10.2. The summed E-state index contributed by atoms with van der Waals surface area (Å²) in [5, 5.41) is 0. The third kappa shape index (κ3) is 2.31. The Labute approximate surface area is 79.0 Å². The van der Waals surface area contributed by atoms with E-state index in [9.17, 15) is 0 Å². The van der Waals surface area contributed by atoms with Crippen LogP contribution in [-0.2, 0) is 0 Å². The van der Waals surface area contributed by atoms with Crippen molar-refractivity contribution in [3.05, 3.63) is 38.9 Å². The van der Waals surface area contributed by atoms with Gasteiger partial charge in [-0.25, -0.2) is 0 Å². The minimum absolute atomic E-state index is 1.13. The zero-order valence-corrected chi connectivity index (χ0v) is 8.13. The van der Waals surface area contributed by atoms with E-state index in [0.717, 1.165) is 5.56 Å². The van der Waals surface area contributed by atoms with Gasteiger partial charge in [0.15, 0.2) is 0 Å². The first-order valence-corrected chi connectivity index (χ1v) is 4.37. The Morgan fingerprint density at radius 2 is 1.80 bits per heavy atom. The van der Waals surface area contributed by atoms with Gasteiger partial charge in [0.1, 0.15) is 0 Å². The molecule has 0 nitrogen and oxygen atoms in total. The van der Waals surface area contributed by atoms with Gasteiger partial charge in [-0.05, 0) is 46.4 Å². The molecule has 0 aliphatic carbocycles. The first kappa shape index (κ1) is 8.08. The van der Waals surface area contributed by atoms with Crippen LogP contribution in [0.15, 0.2) is 29.8 Å². The first-order chi connectivity index (χ1) is 4.83. The molecular weight excluding hydrogens is 258 g/mol. The monoisotopic (exact) mass is 264 g/mol. The lowest BCUT2D eigenvalue weighted by Crippen LogP contribution is -1.71. The van der Waals surface area contributed by atoms with E-state index in [-0.39, 0.29) is 0 Å². The molecule has 0 amide bonds. The third-order valence-corrected chi connectivity index (χ3v) is 1.97. The van der Waals surface area contributed by atoms with E-state index in [2.05, 4.69) is 22.6 Å². The first-order valence-electron chi connectivity index (χ1n) is 2.85. The van der Waals surface area contributed by atoms with Crippen molar-refractivity contribution >= 4 is 40.3 Å². The van der Waals surface area contributed by atoms with Crippen molar-refractivity contribution < 1.29 is 0 Å². The van der Waals surface area contributed by atoms with Gasteiger partial charge < -0.3 is 0 Å². The molecule has 0 N–H and O–H groups in total. The zero-order valence-electron chi connectivity index (χ0n) is 5.22. The third-order valence-electron chi connectivity index (χ3n) is 1.13. The van der Waals surface area contributed by atoms with Crippen molar-refractivity contribution in [1.82, 2.24) is 0 Å². The Morgan fingerprint density at radius 1 is 1.20 bits per heavy atom. The molecule has 0 aliphatic rings. The minimum Gasteiger partial charge on any atom is -0.0929 e. The topological polar surface area (TPSA) is 0 Å². The summed E-state index contributed by atoms with van der Waals surface area (Å²) in [4.78, 5) is 0. The molecule has 0 radical (unpaired) electrons. The second-order valence-corrected chi connectivity index (χ2v) is 3.34. The average molecular weight is 264 g/mol. The molecule has 0 spiro atoms. The van der Waals surface area contributed by atoms with Crippen LogP contribution in [0.25, 0.3) is 6.08 Å². The molecule has 0 fully saturated rings. The van der Waals surface area contributed by atoms with E-state index >= 15 is 0 Å². The van der Waals surface area contributed by atoms with Crippen LogP contribution in [0.3, 0.4) is 0 Å². The van der Waals surface area contributed by atoms with Crippen LogP contribution in [0.5, 0.6) is 0 Å². The Balaban J connectivity index is 2.89. The van der Waals surface area contributed by atoms with Crippen molar-refractivity contribution in [2.45, 2.75) is 0 Å². The molecule has 1 aromatic rings. The maximum atomic E-state index is 5.39. The van der Waals surface area contributed by atoms with Gasteiger partial charge in [-0.15, -0.1) is 0 Å². The Morgan fingerprint density at radius 3 is 2.30 bits per heavy atom. The summed E-state index contributed by atoms with van der Waals surface area (Å²) in [5.41, 5.74) is 2.65. The second-order valence-electron chi connectivity index (χ2n) is 1.84. The molecular formula is C8H6ClI. The van der Waals surface area contributed by atoms with E-state index in [1.807, 2.05) is 30.3 Å². The molecule has 0 atom stereocenters. The molecule has 1 aromatic carbocycles. The SMILES string of the molecule is Cl/C=C\c1ccc(I)cc1.